The Kier molecular flexibility index (Phi) is 3.77. The molecule has 0 spiro atoms. The van der Waals surface area contributed by atoms with Crippen molar-refractivity contribution in [3.8, 4) is 0 Å². The number of carbonyl (C=O) groups is 2. The Bertz CT molecular complexity index is 476. The summed E-state index contributed by atoms with van der Waals surface area (Å²) in [7, 11) is 0. The van der Waals surface area contributed by atoms with Gasteiger partial charge in [0.25, 0.3) is 0 Å². The maximum absolute atomic E-state index is 11.9. The Morgan fingerprint density at radius 1 is 1.17 bits per heavy atom. The molecule has 0 fully saturated rings. The molecule has 0 aliphatic heterocycles. The first kappa shape index (κ1) is 12.4. The average Bonchev–Trinajstić information content (AvgIpc) is 2.40. The summed E-state index contributed by atoms with van der Waals surface area (Å²) in [5, 5.41) is 11.6. The zero-order chi connectivity index (χ0) is 13.0. The second kappa shape index (κ2) is 5.49. The first-order valence-electron chi connectivity index (χ1n) is 5.96. The molecule has 1 aromatic carbocycles. The Morgan fingerprint density at radius 2 is 1.89 bits per heavy atom. The van der Waals surface area contributed by atoms with E-state index in [1.165, 1.54) is 12.1 Å². The van der Waals surface area contributed by atoms with E-state index < -0.39 is 5.97 Å². The summed E-state index contributed by atoms with van der Waals surface area (Å²) in [6.07, 6.45) is 6.71. The SMILES string of the molecule is O=C(O)c1ccc(NC(=O)C2CC=CCC2)cc1. The Labute approximate surface area is 105 Å². The third kappa shape index (κ3) is 2.97. The fraction of sp³-hybridized carbons (Fsp3) is 0.286. The van der Waals surface area contributed by atoms with Gasteiger partial charge in [0.05, 0.1) is 5.56 Å². The quantitative estimate of drug-likeness (QED) is 0.804. The third-order valence-electron chi connectivity index (χ3n) is 3.04. The third-order valence-corrected chi connectivity index (χ3v) is 3.04. The zero-order valence-corrected chi connectivity index (χ0v) is 9.93. The number of nitrogens with one attached hydrogen (secondary N) is 1. The molecular weight excluding hydrogens is 230 g/mol. The Hall–Kier alpha value is -2.10. The molecule has 0 saturated carbocycles. The highest BCUT2D eigenvalue weighted by atomic mass is 16.4. The number of carboxylic acids is 1. The largest absolute Gasteiger partial charge is 0.478 e. The molecule has 94 valence electrons. The Morgan fingerprint density at radius 3 is 2.44 bits per heavy atom. The summed E-state index contributed by atoms with van der Waals surface area (Å²) < 4.78 is 0. The van der Waals surface area contributed by atoms with Gasteiger partial charge in [0.2, 0.25) is 5.91 Å². The first-order chi connectivity index (χ1) is 8.66. The van der Waals surface area contributed by atoms with Crippen molar-refractivity contribution >= 4 is 17.6 Å². The van der Waals surface area contributed by atoms with Gasteiger partial charge in [-0.1, -0.05) is 12.2 Å². The van der Waals surface area contributed by atoms with Crippen LogP contribution in [-0.2, 0) is 4.79 Å². The van der Waals surface area contributed by atoms with E-state index in [1.807, 2.05) is 6.08 Å². The fourth-order valence-corrected chi connectivity index (χ4v) is 1.97. The summed E-state index contributed by atoms with van der Waals surface area (Å²) in [6, 6.07) is 6.19. The number of anilines is 1. The summed E-state index contributed by atoms with van der Waals surface area (Å²) in [5.41, 5.74) is 0.855. The molecule has 4 heteroatoms. The van der Waals surface area contributed by atoms with E-state index >= 15 is 0 Å². The number of benzene rings is 1. The molecule has 1 aliphatic rings. The van der Waals surface area contributed by atoms with Crippen LogP contribution < -0.4 is 5.32 Å². The number of amides is 1. The van der Waals surface area contributed by atoms with E-state index in [-0.39, 0.29) is 17.4 Å². The van der Waals surface area contributed by atoms with Gasteiger partial charge in [0.1, 0.15) is 0 Å². The van der Waals surface area contributed by atoms with Crippen molar-refractivity contribution < 1.29 is 14.7 Å². The predicted molar refractivity (Wildman–Crippen MR) is 68.5 cm³/mol. The van der Waals surface area contributed by atoms with E-state index in [4.69, 9.17) is 5.11 Å². The minimum absolute atomic E-state index is 0.00225. The topological polar surface area (TPSA) is 66.4 Å². The van der Waals surface area contributed by atoms with Gasteiger partial charge in [-0.2, -0.15) is 0 Å². The van der Waals surface area contributed by atoms with Crippen molar-refractivity contribution in [3.05, 3.63) is 42.0 Å². The highest BCUT2D eigenvalue weighted by molar-refractivity contribution is 5.93. The molecule has 1 aromatic rings. The minimum Gasteiger partial charge on any atom is -0.478 e. The van der Waals surface area contributed by atoms with Crippen LogP contribution in [0.3, 0.4) is 0 Å². The number of carboxylic acid groups (broad SMARTS) is 1. The molecule has 18 heavy (non-hydrogen) atoms. The van der Waals surface area contributed by atoms with Gasteiger partial charge in [-0.15, -0.1) is 0 Å². The number of hydrogen-bond acceptors (Lipinski definition) is 2. The van der Waals surface area contributed by atoms with E-state index in [1.54, 1.807) is 12.1 Å². The highest BCUT2D eigenvalue weighted by Crippen LogP contribution is 2.20. The van der Waals surface area contributed by atoms with E-state index in [0.29, 0.717) is 5.69 Å². The molecule has 2 rings (SSSR count). The van der Waals surface area contributed by atoms with Crippen molar-refractivity contribution in [2.24, 2.45) is 5.92 Å². The predicted octanol–water partition coefficient (Wildman–Crippen LogP) is 2.68. The molecule has 0 saturated heterocycles. The van der Waals surface area contributed by atoms with Crippen LogP contribution in [0.25, 0.3) is 0 Å². The number of allylic oxidation sites excluding steroid dienone is 2. The van der Waals surface area contributed by atoms with Crippen LogP contribution in [0.1, 0.15) is 29.6 Å². The molecular formula is C14H15NO3. The van der Waals surface area contributed by atoms with Gasteiger partial charge in [0.15, 0.2) is 0 Å². The molecule has 1 amide bonds. The molecule has 2 N–H and O–H groups in total. The average molecular weight is 245 g/mol. The number of carbonyl (C=O) groups excluding carboxylic acids is 1. The summed E-state index contributed by atoms with van der Waals surface area (Å²) in [6.45, 7) is 0. The van der Waals surface area contributed by atoms with E-state index in [9.17, 15) is 9.59 Å². The van der Waals surface area contributed by atoms with Gasteiger partial charge in [-0.25, -0.2) is 4.79 Å². The highest BCUT2D eigenvalue weighted by Gasteiger charge is 2.18. The molecule has 1 aliphatic carbocycles. The summed E-state index contributed by atoms with van der Waals surface area (Å²) in [4.78, 5) is 22.6. The lowest BCUT2D eigenvalue weighted by atomic mass is 9.93. The molecule has 0 heterocycles. The maximum Gasteiger partial charge on any atom is 0.335 e. The monoisotopic (exact) mass is 245 g/mol. The van der Waals surface area contributed by atoms with Crippen LogP contribution >= 0.6 is 0 Å². The zero-order valence-electron chi connectivity index (χ0n) is 9.93. The van der Waals surface area contributed by atoms with Gasteiger partial charge >= 0.3 is 5.97 Å². The molecule has 1 atom stereocenters. The van der Waals surface area contributed by atoms with Crippen molar-refractivity contribution in [1.29, 1.82) is 0 Å². The van der Waals surface area contributed by atoms with Crippen LogP contribution in [0.2, 0.25) is 0 Å². The van der Waals surface area contributed by atoms with Gasteiger partial charge in [-0.05, 0) is 43.5 Å². The molecule has 0 bridgehead atoms. The standard InChI is InChI=1S/C14H15NO3/c16-13(10-4-2-1-3-5-10)15-12-8-6-11(7-9-12)14(17)18/h1-2,6-10H,3-5H2,(H,15,16)(H,17,18). The number of rotatable bonds is 3. The van der Waals surface area contributed by atoms with Crippen molar-refractivity contribution in [2.45, 2.75) is 19.3 Å². The fourth-order valence-electron chi connectivity index (χ4n) is 1.97. The second-order valence-corrected chi connectivity index (χ2v) is 4.35. The van der Waals surface area contributed by atoms with Crippen molar-refractivity contribution in [2.75, 3.05) is 5.32 Å². The van der Waals surface area contributed by atoms with Crippen LogP contribution in [0, 0.1) is 5.92 Å². The van der Waals surface area contributed by atoms with Crippen molar-refractivity contribution in [1.82, 2.24) is 0 Å². The van der Waals surface area contributed by atoms with Crippen LogP contribution in [0.4, 0.5) is 5.69 Å². The van der Waals surface area contributed by atoms with E-state index in [0.717, 1.165) is 19.3 Å². The summed E-state index contributed by atoms with van der Waals surface area (Å²) >= 11 is 0. The normalized spacial score (nSPS) is 18.3. The smallest absolute Gasteiger partial charge is 0.335 e. The van der Waals surface area contributed by atoms with E-state index in [2.05, 4.69) is 11.4 Å². The van der Waals surface area contributed by atoms with Crippen LogP contribution in [0.5, 0.6) is 0 Å². The van der Waals surface area contributed by atoms with Crippen molar-refractivity contribution in [3.63, 3.8) is 0 Å². The molecule has 0 radical (unpaired) electrons. The minimum atomic E-state index is -0.967. The van der Waals surface area contributed by atoms with Crippen LogP contribution in [0.15, 0.2) is 36.4 Å². The van der Waals surface area contributed by atoms with Gasteiger partial charge < -0.3 is 10.4 Å². The number of hydrogen-bond donors (Lipinski definition) is 2. The molecule has 1 unspecified atom stereocenters. The molecule has 4 nitrogen and oxygen atoms in total. The maximum atomic E-state index is 11.9. The lowest BCUT2D eigenvalue weighted by Gasteiger charge is -2.17. The number of aromatic carboxylic acids is 1. The van der Waals surface area contributed by atoms with Gasteiger partial charge in [-0.3, -0.25) is 4.79 Å². The second-order valence-electron chi connectivity index (χ2n) is 4.35. The lowest BCUT2D eigenvalue weighted by molar-refractivity contribution is -0.120. The van der Waals surface area contributed by atoms with Gasteiger partial charge in [0, 0.05) is 11.6 Å². The van der Waals surface area contributed by atoms with Crippen LogP contribution in [-0.4, -0.2) is 17.0 Å². The summed E-state index contributed by atoms with van der Waals surface area (Å²) in [5.74, 6) is -0.943. The Balaban J connectivity index is 1.98. The molecule has 0 aromatic heterocycles. The lowest BCUT2D eigenvalue weighted by Crippen LogP contribution is -2.23. The first-order valence-corrected chi connectivity index (χ1v) is 5.96.